The van der Waals surface area contributed by atoms with E-state index in [0.717, 1.165) is 29.5 Å². The summed E-state index contributed by atoms with van der Waals surface area (Å²) in [7, 11) is 1.58. The lowest BCUT2D eigenvalue weighted by molar-refractivity contribution is -0.139. The lowest BCUT2D eigenvalue weighted by Gasteiger charge is -2.31. The van der Waals surface area contributed by atoms with Crippen LogP contribution < -0.4 is 4.74 Å². The second kappa shape index (κ2) is 10.8. The molecule has 2 aliphatic rings. The maximum absolute atomic E-state index is 12.9. The number of rotatable bonds is 8. The third-order valence-electron chi connectivity index (χ3n) is 5.20. The van der Waals surface area contributed by atoms with Gasteiger partial charge < -0.3 is 23.8 Å². The van der Waals surface area contributed by atoms with Gasteiger partial charge in [-0.2, -0.15) is 0 Å². The predicted molar refractivity (Wildman–Crippen MR) is 119 cm³/mol. The number of benzene rings is 1. The lowest BCUT2D eigenvalue weighted by atomic mass is 9.83. The summed E-state index contributed by atoms with van der Waals surface area (Å²) in [6.45, 7) is 5.26. The summed E-state index contributed by atoms with van der Waals surface area (Å²) in [4.78, 5) is 27.7. The van der Waals surface area contributed by atoms with Gasteiger partial charge in [0.05, 0.1) is 48.0 Å². The van der Waals surface area contributed by atoms with Crippen LogP contribution in [-0.2, 0) is 23.8 Å². The van der Waals surface area contributed by atoms with E-state index in [2.05, 4.69) is 15.9 Å². The number of hydrogen-bond donors (Lipinski definition) is 0. The van der Waals surface area contributed by atoms with Crippen LogP contribution in [0.5, 0.6) is 5.75 Å². The van der Waals surface area contributed by atoms with Gasteiger partial charge in [0.2, 0.25) is 0 Å². The van der Waals surface area contributed by atoms with Gasteiger partial charge in [-0.15, -0.1) is 0 Å². The molecule has 7 nitrogen and oxygen atoms in total. The predicted octanol–water partition coefficient (Wildman–Crippen LogP) is 3.93. The van der Waals surface area contributed by atoms with Crippen molar-refractivity contribution in [1.29, 1.82) is 0 Å². The van der Waals surface area contributed by atoms with Crippen molar-refractivity contribution in [3.05, 3.63) is 51.8 Å². The van der Waals surface area contributed by atoms with Gasteiger partial charge >= 0.3 is 11.9 Å². The number of methoxy groups -OCH3 is 1. The number of hydrogen-bond acceptors (Lipinski definition) is 7. The average Bonchev–Trinajstić information content (AvgIpc) is 3.26. The first-order valence-corrected chi connectivity index (χ1v) is 11.3. The lowest BCUT2D eigenvalue weighted by Crippen LogP contribution is -2.32. The monoisotopic (exact) mass is 493 g/mol. The van der Waals surface area contributed by atoms with E-state index < -0.39 is 17.9 Å². The van der Waals surface area contributed by atoms with Gasteiger partial charge in [0.15, 0.2) is 0 Å². The number of halogens is 1. The van der Waals surface area contributed by atoms with Crippen LogP contribution in [0.1, 0.15) is 38.2 Å². The fraction of sp³-hybridized carbons (Fsp3) is 0.478. The maximum Gasteiger partial charge on any atom is 0.336 e. The van der Waals surface area contributed by atoms with Crippen molar-refractivity contribution >= 4 is 27.9 Å². The molecular formula is C23H28BrNO6. The van der Waals surface area contributed by atoms with E-state index in [1.54, 1.807) is 39.4 Å². The second-order valence-electron chi connectivity index (χ2n) is 7.27. The van der Waals surface area contributed by atoms with Gasteiger partial charge in [-0.05, 0) is 60.3 Å². The Bertz CT molecular complexity index is 839. The molecule has 1 atom stereocenters. The van der Waals surface area contributed by atoms with Gasteiger partial charge in [0.25, 0.3) is 0 Å². The first-order chi connectivity index (χ1) is 15.0. The average molecular weight is 494 g/mol. The summed E-state index contributed by atoms with van der Waals surface area (Å²) >= 11 is 3.50. The highest BCUT2D eigenvalue weighted by molar-refractivity contribution is 9.10. The molecule has 1 aromatic rings. The van der Waals surface area contributed by atoms with Crippen LogP contribution in [0.3, 0.4) is 0 Å². The fourth-order valence-corrected chi connectivity index (χ4v) is 4.39. The molecule has 1 fully saturated rings. The van der Waals surface area contributed by atoms with E-state index in [9.17, 15) is 9.59 Å². The molecule has 1 saturated heterocycles. The van der Waals surface area contributed by atoms with Gasteiger partial charge in [-0.3, -0.25) is 0 Å². The van der Waals surface area contributed by atoms with Crippen molar-refractivity contribution in [1.82, 2.24) is 4.90 Å². The topological polar surface area (TPSA) is 74.3 Å². The number of ether oxygens (including phenoxy) is 4. The Hall–Kier alpha value is -2.32. The fourth-order valence-electron chi connectivity index (χ4n) is 3.83. The van der Waals surface area contributed by atoms with Gasteiger partial charge in [0.1, 0.15) is 5.75 Å². The minimum atomic E-state index is -0.624. The highest BCUT2D eigenvalue weighted by Crippen LogP contribution is 2.40. The van der Waals surface area contributed by atoms with Crippen LogP contribution in [-0.4, -0.2) is 56.4 Å². The Labute approximate surface area is 191 Å². The van der Waals surface area contributed by atoms with Crippen molar-refractivity contribution in [2.45, 2.75) is 38.7 Å². The molecule has 0 unspecified atom stereocenters. The van der Waals surface area contributed by atoms with Crippen molar-refractivity contribution < 1.29 is 28.5 Å². The standard InChI is InChI=1S/C23H28BrNO6/c1-4-29-22(26)17-13-25(12-16-7-6-10-31-16)14-18(23(27)30-5-2)21(17)15-8-9-20(28-3)19(24)11-15/h8-9,11,13-14,16,21H,4-7,10,12H2,1-3H3/t16-/m0/s1. The summed E-state index contributed by atoms with van der Waals surface area (Å²) in [6.07, 6.45) is 5.50. The summed E-state index contributed by atoms with van der Waals surface area (Å²) in [6, 6.07) is 5.48. The molecule has 1 aromatic carbocycles. The molecule has 0 N–H and O–H groups in total. The van der Waals surface area contributed by atoms with Crippen molar-refractivity contribution in [3.8, 4) is 5.75 Å². The third kappa shape index (κ3) is 5.49. The van der Waals surface area contributed by atoms with E-state index >= 15 is 0 Å². The van der Waals surface area contributed by atoms with Gasteiger partial charge in [-0.1, -0.05) is 6.07 Å². The smallest absolute Gasteiger partial charge is 0.336 e. The molecular weight excluding hydrogens is 466 g/mol. The van der Waals surface area contributed by atoms with Crippen LogP contribution in [0.2, 0.25) is 0 Å². The number of nitrogens with zero attached hydrogens (tertiary/aromatic N) is 1. The zero-order valence-electron chi connectivity index (χ0n) is 18.1. The zero-order chi connectivity index (χ0) is 22.4. The number of carbonyl (C=O) groups excluding carboxylic acids is 2. The van der Waals surface area contributed by atoms with Crippen molar-refractivity contribution in [2.75, 3.05) is 33.5 Å². The Balaban J connectivity index is 2.05. The van der Waals surface area contributed by atoms with Crippen LogP contribution in [0.25, 0.3) is 0 Å². The largest absolute Gasteiger partial charge is 0.496 e. The van der Waals surface area contributed by atoms with Crippen molar-refractivity contribution in [3.63, 3.8) is 0 Å². The normalized spacial score (nSPS) is 19.0. The van der Waals surface area contributed by atoms with E-state index in [1.165, 1.54) is 0 Å². The highest BCUT2D eigenvalue weighted by atomic mass is 79.9. The Kier molecular flexibility index (Phi) is 8.15. The van der Waals surface area contributed by atoms with E-state index in [0.29, 0.717) is 23.4 Å². The van der Waals surface area contributed by atoms with Crippen LogP contribution >= 0.6 is 15.9 Å². The first-order valence-electron chi connectivity index (χ1n) is 10.5. The van der Waals surface area contributed by atoms with Crippen LogP contribution in [0.15, 0.2) is 46.2 Å². The molecule has 0 bridgehead atoms. The molecule has 31 heavy (non-hydrogen) atoms. The molecule has 3 rings (SSSR count). The molecule has 0 aromatic heterocycles. The van der Waals surface area contributed by atoms with Gasteiger partial charge in [0, 0.05) is 25.6 Å². The molecule has 0 radical (unpaired) electrons. The molecule has 0 saturated carbocycles. The Morgan fingerprint density at radius 1 is 1.13 bits per heavy atom. The van der Waals surface area contributed by atoms with E-state index in [-0.39, 0.29) is 19.3 Å². The zero-order valence-corrected chi connectivity index (χ0v) is 19.6. The minimum Gasteiger partial charge on any atom is -0.496 e. The van der Waals surface area contributed by atoms with Gasteiger partial charge in [-0.25, -0.2) is 9.59 Å². The van der Waals surface area contributed by atoms with Crippen molar-refractivity contribution in [2.24, 2.45) is 0 Å². The second-order valence-corrected chi connectivity index (χ2v) is 8.12. The summed E-state index contributed by atoms with van der Waals surface area (Å²) in [5.74, 6) is -0.901. The van der Waals surface area contributed by atoms with E-state index in [4.69, 9.17) is 18.9 Å². The molecule has 0 aliphatic carbocycles. The summed E-state index contributed by atoms with van der Waals surface area (Å²) in [5, 5.41) is 0. The third-order valence-corrected chi connectivity index (χ3v) is 5.82. The SMILES string of the molecule is CCOC(=O)C1=CN(C[C@@H]2CCCO2)C=C(C(=O)OCC)C1c1ccc(OC)c(Br)c1. The highest BCUT2D eigenvalue weighted by Gasteiger charge is 2.36. The van der Waals surface area contributed by atoms with Crippen LogP contribution in [0.4, 0.5) is 0 Å². The number of esters is 2. The molecule has 8 heteroatoms. The molecule has 0 spiro atoms. The summed E-state index contributed by atoms with van der Waals surface area (Å²) in [5.41, 5.74) is 1.51. The minimum absolute atomic E-state index is 0.0473. The quantitative estimate of drug-likeness (QED) is 0.507. The Morgan fingerprint density at radius 2 is 1.77 bits per heavy atom. The molecule has 2 heterocycles. The summed E-state index contributed by atoms with van der Waals surface area (Å²) < 4.78 is 22.5. The maximum atomic E-state index is 12.9. The van der Waals surface area contributed by atoms with Crippen LogP contribution in [0, 0.1) is 0 Å². The number of carbonyl (C=O) groups is 2. The first kappa shape index (κ1) is 23.3. The molecule has 2 aliphatic heterocycles. The van der Waals surface area contributed by atoms with E-state index in [1.807, 2.05) is 17.0 Å². The molecule has 168 valence electrons. The molecule has 0 amide bonds. The Morgan fingerprint density at radius 3 is 2.26 bits per heavy atom.